The number of ether oxygens (including phenoxy) is 1. The second-order valence-electron chi connectivity index (χ2n) is 11.5. The Kier molecular flexibility index (Phi) is 8.91. The molecule has 5 unspecified atom stereocenters. The highest BCUT2D eigenvalue weighted by Crippen LogP contribution is 2.58. The van der Waals surface area contributed by atoms with Crippen LogP contribution in [0.3, 0.4) is 0 Å². The van der Waals surface area contributed by atoms with Crippen molar-refractivity contribution >= 4 is 0 Å². The van der Waals surface area contributed by atoms with Crippen LogP contribution in [0.15, 0.2) is 59.3 Å². The summed E-state index contributed by atoms with van der Waals surface area (Å²) in [6.07, 6.45) is 25.5. The van der Waals surface area contributed by atoms with E-state index in [9.17, 15) is 10.2 Å². The van der Waals surface area contributed by atoms with Crippen molar-refractivity contribution in [3.8, 4) is 0 Å². The molecule has 194 valence electrons. The lowest BCUT2D eigenvalue weighted by Gasteiger charge is -2.42. The molecular weight excluding hydrogens is 436 g/mol. The highest BCUT2D eigenvalue weighted by Gasteiger charge is 2.48. The van der Waals surface area contributed by atoms with Gasteiger partial charge in [-0.3, -0.25) is 0 Å². The second-order valence-corrected chi connectivity index (χ2v) is 11.5. The van der Waals surface area contributed by atoms with Gasteiger partial charge in [-0.05, 0) is 93.5 Å². The maximum absolute atomic E-state index is 10.4. The molecular formula is C31H46O4. The van der Waals surface area contributed by atoms with Crippen LogP contribution in [-0.2, 0) is 4.74 Å². The normalized spacial score (nSPS) is 41.7. The first-order chi connectivity index (χ1) is 16.9. The minimum absolute atomic E-state index is 0.0343. The summed E-state index contributed by atoms with van der Waals surface area (Å²) in [5.74, 6) is 1.36. The Hall–Kier alpha value is -1.46. The summed E-state index contributed by atoms with van der Waals surface area (Å²) in [7, 11) is 0. The van der Waals surface area contributed by atoms with Gasteiger partial charge >= 0.3 is 0 Å². The van der Waals surface area contributed by atoms with Crippen molar-refractivity contribution in [1.82, 2.24) is 0 Å². The maximum Gasteiger partial charge on any atom is 0.0863 e. The lowest BCUT2D eigenvalue weighted by molar-refractivity contribution is 0.0424. The monoisotopic (exact) mass is 482 g/mol. The van der Waals surface area contributed by atoms with E-state index >= 15 is 0 Å². The molecule has 4 fully saturated rings. The Morgan fingerprint density at radius 3 is 2.51 bits per heavy atom. The molecule has 4 rings (SSSR count). The Morgan fingerprint density at radius 2 is 1.83 bits per heavy atom. The van der Waals surface area contributed by atoms with Gasteiger partial charge in [0.1, 0.15) is 0 Å². The van der Waals surface area contributed by atoms with Crippen molar-refractivity contribution in [3.63, 3.8) is 0 Å². The third-order valence-corrected chi connectivity index (χ3v) is 9.50. The van der Waals surface area contributed by atoms with Crippen molar-refractivity contribution < 1.29 is 20.1 Å². The fourth-order valence-corrected chi connectivity index (χ4v) is 7.31. The van der Waals surface area contributed by atoms with Crippen LogP contribution in [0.25, 0.3) is 0 Å². The van der Waals surface area contributed by atoms with Crippen LogP contribution in [0.1, 0.15) is 84.5 Å². The van der Waals surface area contributed by atoms with Crippen molar-refractivity contribution in [2.75, 3.05) is 13.2 Å². The maximum atomic E-state index is 10.4. The molecule has 1 saturated heterocycles. The first-order valence-corrected chi connectivity index (χ1v) is 13.9. The van der Waals surface area contributed by atoms with Crippen molar-refractivity contribution in [3.05, 3.63) is 59.3 Å². The fourth-order valence-electron chi connectivity index (χ4n) is 7.31. The van der Waals surface area contributed by atoms with E-state index in [-0.39, 0.29) is 12.2 Å². The molecule has 35 heavy (non-hydrogen) atoms. The third-order valence-electron chi connectivity index (χ3n) is 9.50. The molecule has 3 aliphatic carbocycles. The number of aliphatic hydroxyl groups excluding tert-OH is 3. The zero-order valence-corrected chi connectivity index (χ0v) is 21.8. The number of fused-ring (bicyclic) bond motifs is 1. The Balaban J connectivity index is 1.38. The van der Waals surface area contributed by atoms with Crippen molar-refractivity contribution in [2.45, 2.75) is 102 Å². The number of allylic oxidation sites excluding steroid dienone is 6. The minimum Gasteiger partial charge on any atom is -0.392 e. The van der Waals surface area contributed by atoms with E-state index in [1.54, 1.807) is 11.6 Å². The molecule has 0 spiro atoms. The summed E-state index contributed by atoms with van der Waals surface area (Å²) in [4.78, 5) is 0. The third kappa shape index (κ3) is 5.93. The molecule has 4 nitrogen and oxygen atoms in total. The van der Waals surface area contributed by atoms with Gasteiger partial charge in [0.25, 0.3) is 0 Å². The lowest BCUT2D eigenvalue weighted by Crippen LogP contribution is -2.33. The average Bonchev–Trinajstić information content (AvgIpc) is 3.45. The number of rotatable bonds is 7. The standard InChI is InChI=1S/C31H46O4/c1-3-31(18-8-20-35-31)17-6-4-5-10-25-13-14-27-24(9-7-16-30(25,27)2)12-11-23-21-28(33)26(15-19-32)29(34)22-23/h4-6,11-12,15,17,25,27-29,32-34H,3,7-10,13-14,16,18-22H2,1-2H3/b5-4+,17-6+,23-11?,24-12+,26-15?/t25?,27?,28-,29?,30?,31?/m1/s1. The quantitative estimate of drug-likeness (QED) is 0.310. The van der Waals surface area contributed by atoms with E-state index in [1.807, 2.05) is 0 Å². The predicted octanol–water partition coefficient (Wildman–Crippen LogP) is 5.95. The van der Waals surface area contributed by atoms with Gasteiger partial charge in [-0.1, -0.05) is 67.5 Å². The number of hydrogen-bond acceptors (Lipinski definition) is 4. The zero-order chi connectivity index (χ0) is 24.9. The minimum atomic E-state index is -0.698. The van der Waals surface area contributed by atoms with Crippen LogP contribution < -0.4 is 0 Å². The molecule has 0 bridgehead atoms. The van der Waals surface area contributed by atoms with Gasteiger partial charge in [-0.2, -0.15) is 0 Å². The van der Waals surface area contributed by atoms with E-state index in [4.69, 9.17) is 9.84 Å². The molecule has 1 heterocycles. The molecule has 0 aromatic carbocycles. The molecule has 4 heteroatoms. The van der Waals surface area contributed by atoms with Crippen LogP contribution in [0.5, 0.6) is 0 Å². The van der Waals surface area contributed by atoms with Crippen molar-refractivity contribution in [1.29, 1.82) is 0 Å². The summed E-state index contributed by atoms with van der Waals surface area (Å²) in [5, 5.41) is 29.9. The van der Waals surface area contributed by atoms with Gasteiger partial charge in [0.2, 0.25) is 0 Å². The second kappa shape index (κ2) is 11.7. The summed E-state index contributed by atoms with van der Waals surface area (Å²) in [6.45, 7) is 5.47. The van der Waals surface area contributed by atoms with Crippen LogP contribution in [0, 0.1) is 17.3 Å². The van der Waals surface area contributed by atoms with E-state index < -0.39 is 12.2 Å². The van der Waals surface area contributed by atoms with Crippen molar-refractivity contribution in [2.24, 2.45) is 17.3 Å². The molecule has 4 aliphatic rings. The van der Waals surface area contributed by atoms with E-state index in [0.717, 1.165) is 43.8 Å². The van der Waals surface area contributed by atoms with E-state index in [1.165, 1.54) is 32.1 Å². The Morgan fingerprint density at radius 1 is 1.03 bits per heavy atom. The lowest BCUT2D eigenvalue weighted by atomic mass is 9.63. The van der Waals surface area contributed by atoms with E-state index in [0.29, 0.717) is 29.7 Å². The smallest absolute Gasteiger partial charge is 0.0863 e. The molecule has 3 saturated carbocycles. The molecule has 3 N–H and O–H groups in total. The average molecular weight is 483 g/mol. The molecule has 0 aromatic heterocycles. The van der Waals surface area contributed by atoms with Gasteiger partial charge in [0.15, 0.2) is 0 Å². The summed E-state index contributed by atoms with van der Waals surface area (Å²) in [5.41, 5.74) is 3.54. The van der Waals surface area contributed by atoms with Gasteiger partial charge < -0.3 is 20.1 Å². The molecule has 0 amide bonds. The fraction of sp³-hybridized carbons (Fsp3) is 0.677. The van der Waals surface area contributed by atoms with Crippen LogP contribution >= 0.6 is 0 Å². The Labute approximate surface area is 212 Å². The van der Waals surface area contributed by atoms with Gasteiger partial charge in [-0.25, -0.2) is 0 Å². The van der Waals surface area contributed by atoms with Gasteiger partial charge in [0.05, 0.1) is 24.4 Å². The molecule has 0 radical (unpaired) electrons. The molecule has 1 aliphatic heterocycles. The first-order valence-electron chi connectivity index (χ1n) is 13.9. The van der Waals surface area contributed by atoms with Crippen LogP contribution in [0.4, 0.5) is 0 Å². The van der Waals surface area contributed by atoms with Gasteiger partial charge in [-0.15, -0.1) is 0 Å². The summed E-state index contributed by atoms with van der Waals surface area (Å²) < 4.78 is 5.99. The zero-order valence-electron chi connectivity index (χ0n) is 21.8. The largest absolute Gasteiger partial charge is 0.392 e. The SMILES string of the molecule is CCC1(/C=C/C=C/CC2CCC3/C(=C/C=C4CC(O)C(=CCO)[C@H](O)C4)CCCC23C)CCCO1. The van der Waals surface area contributed by atoms with Gasteiger partial charge in [0, 0.05) is 6.61 Å². The Bertz CT molecular complexity index is 856. The first kappa shape index (κ1) is 26.6. The number of aliphatic hydroxyl groups is 3. The summed E-state index contributed by atoms with van der Waals surface area (Å²) >= 11 is 0. The molecule has 6 atom stereocenters. The highest BCUT2D eigenvalue weighted by molar-refractivity contribution is 5.30. The number of hydrogen-bond donors (Lipinski definition) is 3. The van der Waals surface area contributed by atoms with Crippen LogP contribution in [-0.4, -0.2) is 46.3 Å². The van der Waals surface area contributed by atoms with Crippen LogP contribution in [0.2, 0.25) is 0 Å². The molecule has 0 aromatic rings. The predicted molar refractivity (Wildman–Crippen MR) is 142 cm³/mol. The highest BCUT2D eigenvalue weighted by atomic mass is 16.5. The summed E-state index contributed by atoms with van der Waals surface area (Å²) in [6, 6.07) is 0. The topological polar surface area (TPSA) is 69.9 Å². The van der Waals surface area contributed by atoms with E-state index in [2.05, 4.69) is 50.3 Å².